The number of benzene rings is 5. The van der Waals surface area contributed by atoms with Crippen molar-refractivity contribution in [2.24, 2.45) is 5.92 Å². The molecule has 0 saturated heterocycles. The Morgan fingerprint density at radius 2 is 1.07 bits per heavy atom. The van der Waals surface area contributed by atoms with E-state index in [4.69, 9.17) is 4.74 Å². The second-order valence-corrected chi connectivity index (χ2v) is 14.3. The van der Waals surface area contributed by atoms with Crippen molar-refractivity contribution < 1.29 is 29.6 Å². The van der Waals surface area contributed by atoms with E-state index in [0.717, 1.165) is 52.2 Å². The van der Waals surface area contributed by atoms with Gasteiger partial charge in [0.05, 0.1) is 12.5 Å². The molecule has 4 heterocycles. The van der Waals surface area contributed by atoms with Crippen LogP contribution in [0.1, 0.15) is 38.3 Å². The van der Waals surface area contributed by atoms with Gasteiger partial charge in [-0.3, -0.25) is 4.79 Å². The Bertz CT molecular complexity index is 2470. The van der Waals surface area contributed by atoms with Crippen LogP contribution in [0.25, 0.3) is 55.6 Å². The van der Waals surface area contributed by atoms with E-state index in [1.807, 2.05) is 122 Å². The Hall–Kier alpha value is -6.53. The van der Waals surface area contributed by atoms with Crippen LogP contribution in [0.4, 0.5) is 0 Å². The summed E-state index contributed by atoms with van der Waals surface area (Å²) >= 11 is 0. The molecule has 9 rings (SSSR count). The smallest absolute Gasteiger partial charge is 0.465 e. The van der Waals surface area contributed by atoms with Crippen molar-refractivity contribution in [2.75, 3.05) is 6.61 Å². The van der Waals surface area contributed by atoms with Crippen LogP contribution >= 0.6 is 0 Å². The number of aromatic nitrogens is 4. The molecule has 0 bridgehead atoms. The summed E-state index contributed by atoms with van der Waals surface area (Å²) in [4.78, 5) is 25.8. The van der Waals surface area contributed by atoms with Gasteiger partial charge in [0, 0.05) is 46.4 Å². The average molecular weight is 976 g/mol. The number of hydrogen-bond acceptors (Lipinski definition) is 5. The monoisotopic (exact) mass is 976 g/mol. The second-order valence-electron chi connectivity index (χ2n) is 14.3. The fourth-order valence-corrected chi connectivity index (χ4v) is 7.21. The third-order valence-electron chi connectivity index (χ3n) is 10.2. The first-order valence-corrected chi connectivity index (χ1v) is 20.4. The average Bonchev–Trinajstić information content (AvgIpc) is 3.67. The molecule has 0 aliphatic heterocycles. The molecular weight excluding hydrogens is 929 g/mol. The van der Waals surface area contributed by atoms with Gasteiger partial charge in [-0.2, -0.15) is 0 Å². The van der Waals surface area contributed by atoms with Crippen LogP contribution in [0.3, 0.4) is 0 Å². The largest absolute Gasteiger partial charge is 3.00 e. The Morgan fingerprint density at radius 1 is 0.590 bits per heavy atom. The predicted octanol–water partition coefficient (Wildman–Crippen LogP) is 12.5. The minimum atomic E-state index is -0.192. The molecule has 0 spiro atoms. The molecule has 0 radical (unpaired) electrons. The molecule has 61 heavy (non-hydrogen) atoms. The quantitative estimate of drug-likeness (QED) is 0.0954. The van der Waals surface area contributed by atoms with Crippen LogP contribution in [0, 0.1) is 24.1 Å². The van der Waals surface area contributed by atoms with Gasteiger partial charge in [0.25, 0.3) is 0 Å². The molecular formula is C54H47IrN4O2. The maximum atomic E-state index is 12.9. The van der Waals surface area contributed by atoms with E-state index >= 15 is 0 Å². The fourth-order valence-electron chi connectivity index (χ4n) is 7.21. The Kier molecular flexibility index (Phi) is 16.4. The van der Waals surface area contributed by atoms with Crippen molar-refractivity contribution in [3.8, 4) is 33.8 Å². The molecule has 0 amide bonds. The number of nitrogens with zero attached hydrogens (tertiary/aromatic N) is 4. The van der Waals surface area contributed by atoms with E-state index in [1.165, 1.54) is 21.8 Å². The summed E-state index contributed by atoms with van der Waals surface area (Å²) in [6.45, 7) is 4.54. The molecule has 5 aromatic carbocycles. The van der Waals surface area contributed by atoms with E-state index in [-0.39, 0.29) is 38.0 Å². The van der Waals surface area contributed by atoms with Gasteiger partial charge in [-0.05, 0) is 66.7 Å². The molecule has 0 aliphatic carbocycles. The van der Waals surface area contributed by atoms with Crippen molar-refractivity contribution in [1.82, 2.24) is 19.5 Å². The first kappa shape index (κ1) is 44.0. The van der Waals surface area contributed by atoms with Crippen molar-refractivity contribution in [2.45, 2.75) is 39.2 Å². The number of fused-ring (bicyclic) bond motifs is 3. The van der Waals surface area contributed by atoms with Gasteiger partial charge in [-0.25, -0.2) is 0 Å². The van der Waals surface area contributed by atoms with Gasteiger partial charge >= 0.3 is 26.1 Å². The van der Waals surface area contributed by atoms with Crippen LogP contribution < -0.4 is 0 Å². The summed E-state index contributed by atoms with van der Waals surface area (Å²) in [6.07, 6.45) is 7.70. The third kappa shape index (κ3) is 11.8. The maximum absolute atomic E-state index is 12.9. The zero-order valence-corrected chi connectivity index (χ0v) is 36.7. The van der Waals surface area contributed by atoms with Crippen LogP contribution in [-0.4, -0.2) is 32.1 Å². The standard InChI is InChI=1S/C32H31N2O2.2C11H8N.Ir/c1-3-26(34-30-16-6-4-13-27(30)28-14-5-7-17-31(28)34)21-23(2)32(35)36-20-18-24-11-10-12-25(22-24)29-15-8-9-19-33-29;2*1-2-6-10(7-3-1)11-8-4-5-9-12-11;/h4-11,13-17,19,22-23,26H,3,18,20-21H2,1-2H3;2*1-6,8-9H;/q3*-1;+3. The minimum Gasteiger partial charge on any atom is -0.465 e. The molecule has 7 heteroatoms. The van der Waals surface area contributed by atoms with Crippen molar-refractivity contribution in [1.29, 1.82) is 0 Å². The van der Waals surface area contributed by atoms with E-state index in [2.05, 4.69) is 99.2 Å². The molecule has 4 aromatic heterocycles. The van der Waals surface area contributed by atoms with Crippen molar-refractivity contribution >= 4 is 27.8 Å². The number of hydrogen-bond donors (Lipinski definition) is 0. The van der Waals surface area contributed by atoms with E-state index < -0.39 is 0 Å². The molecule has 0 saturated carbocycles. The maximum Gasteiger partial charge on any atom is 3.00 e. The minimum absolute atomic E-state index is 0. The molecule has 0 N–H and O–H groups in total. The molecule has 2 unspecified atom stereocenters. The summed E-state index contributed by atoms with van der Waals surface area (Å²) in [7, 11) is 0. The van der Waals surface area contributed by atoms with E-state index in [9.17, 15) is 4.79 Å². The summed E-state index contributed by atoms with van der Waals surface area (Å²) in [5.41, 5.74) is 9.40. The SMILES string of the molecule is CCC(CC(C)C(=O)OCCc1cc[c-]c(-c2ccccn2)c1)n1c2ccccc2c2ccccc21.[Ir+3].[c-]1ccccc1-c1ccccn1.[c-]1ccccc1-c1ccccn1. The number of rotatable bonds is 11. The molecule has 304 valence electrons. The molecule has 2 atom stereocenters. The Morgan fingerprint density at radius 3 is 1.54 bits per heavy atom. The van der Waals surface area contributed by atoms with Gasteiger partial charge in [0.1, 0.15) is 0 Å². The first-order chi connectivity index (χ1) is 29.6. The third-order valence-corrected chi connectivity index (χ3v) is 10.2. The molecule has 0 fully saturated rings. The summed E-state index contributed by atoms with van der Waals surface area (Å²) < 4.78 is 8.13. The number of esters is 1. The normalized spacial score (nSPS) is 11.5. The second kappa shape index (κ2) is 22.7. The molecule has 9 aromatic rings. The first-order valence-electron chi connectivity index (χ1n) is 20.4. The topological polar surface area (TPSA) is 69.9 Å². The fraction of sp³-hybridized carbons (Fsp3) is 0.148. The number of pyridine rings is 3. The summed E-state index contributed by atoms with van der Waals surface area (Å²) in [5.74, 6) is -0.329. The van der Waals surface area contributed by atoms with Gasteiger partial charge in [0.15, 0.2) is 0 Å². The van der Waals surface area contributed by atoms with E-state index in [1.54, 1.807) is 18.6 Å². The van der Waals surface area contributed by atoms with Crippen LogP contribution in [0.2, 0.25) is 0 Å². The number of carbonyl (C=O) groups excluding carboxylic acids is 1. The van der Waals surface area contributed by atoms with Crippen molar-refractivity contribution in [3.05, 3.63) is 212 Å². The van der Waals surface area contributed by atoms with Crippen LogP contribution in [-0.2, 0) is 36.1 Å². The predicted molar refractivity (Wildman–Crippen MR) is 243 cm³/mol. The number of ether oxygens (including phenoxy) is 1. The molecule has 6 nitrogen and oxygen atoms in total. The van der Waals surface area contributed by atoms with Gasteiger partial charge < -0.3 is 24.3 Å². The number of carbonyl (C=O) groups is 1. The van der Waals surface area contributed by atoms with Gasteiger partial charge in [-0.15, -0.1) is 107 Å². The van der Waals surface area contributed by atoms with Crippen LogP contribution in [0.5, 0.6) is 0 Å². The zero-order valence-electron chi connectivity index (χ0n) is 34.3. The van der Waals surface area contributed by atoms with Crippen molar-refractivity contribution in [3.63, 3.8) is 0 Å². The summed E-state index contributed by atoms with van der Waals surface area (Å²) in [6, 6.07) is 66.0. The summed E-state index contributed by atoms with van der Waals surface area (Å²) in [5, 5.41) is 2.51. The Balaban J connectivity index is 0.000000201. The van der Waals surface area contributed by atoms with Gasteiger partial charge in [0.2, 0.25) is 0 Å². The van der Waals surface area contributed by atoms with Gasteiger partial charge in [-0.1, -0.05) is 86.6 Å². The van der Waals surface area contributed by atoms with E-state index in [0.29, 0.717) is 13.0 Å². The van der Waals surface area contributed by atoms with Crippen LogP contribution in [0.15, 0.2) is 188 Å². The number of para-hydroxylation sites is 2. The Labute approximate surface area is 372 Å². The zero-order chi connectivity index (χ0) is 41.4. The molecule has 0 aliphatic rings.